The van der Waals surface area contributed by atoms with Gasteiger partial charge >= 0.3 is 0 Å². The lowest BCUT2D eigenvalue weighted by Crippen LogP contribution is -2.33. The zero-order valence-corrected chi connectivity index (χ0v) is 19.0. The Bertz CT molecular complexity index is 978. The summed E-state index contributed by atoms with van der Waals surface area (Å²) in [5, 5.41) is 20.3. The van der Waals surface area contributed by atoms with E-state index in [4.69, 9.17) is 4.74 Å². The lowest BCUT2D eigenvalue weighted by Gasteiger charge is -2.28. The van der Waals surface area contributed by atoms with Crippen LogP contribution >= 0.6 is 0 Å². The molecule has 1 amide bonds. The van der Waals surface area contributed by atoms with E-state index in [9.17, 15) is 10.1 Å². The van der Waals surface area contributed by atoms with Gasteiger partial charge in [0.1, 0.15) is 17.5 Å². The molecule has 11 heteroatoms. The summed E-state index contributed by atoms with van der Waals surface area (Å²) in [6, 6.07) is 2.53. The number of ether oxygens (including phenoxy) is 1. The standard InChI is InChI=1S/C22H31N9O2/c1-29-8-3-19(4-9-29)31-16-18(15-26-31)27-22-25-14-17(13-23)21(28-22)24-6-2-7-30-10-12-33-11-5-20(30)32/h14-16,19H,2-12H2,1H3,(H2,24,25,27,28). The number of likely N-dealkylation sites (tertiary alicyclic amines) is 1. The third-order valence-electron chi connectivity index (χ3n) is 6.04. The van der Waals surface area contributed by atoms with Crippen molar-refractivity contribution in [3.63, 3.8) is 0 Å². The molecule has 0 saturated carbocycles. The van der Waals surface area contributed by atoms with Crippen LogP contribution in [0.5, 0.6) is 0 Å². The van der Waals surface area contributed by atoms with E-state index in [1.165, 1.54) is 6.20 Å². The molecule has 0 spiro atoms. The lowest BCUT2D eigenvalue weighted by molar-refractivity contribution is -0.130. The molecule has 2 N–H and O–H groups in total. The van der Waals surface area contributed by atoms with Gasteiger partial charge in [0.25, 0.3) is 0 Å². The Morgan fingerprint density at radius 3 is 2.91 bits per heavy atom. The van der Waals surface area contributed by atoms with Crippen LogP contribution in [-0.4, -0.2) is 88.4 Å². The van der Waals surface area contributed by atoms with Gasteiger partial charge in [-0.1, -0.05) is 0 Å². The van der Waals surface area contributed by atoms with Crippen molar-refractivity contribution in [2.75, 3.05) is 63.6 Å². The Kier molecular flexibility index (Phi) is 7.70. The fourth-order valence-electron chi connectivity index (χ4n) is 4.08. The van der Waals surface area contributed by atoms with Crippen LogP contribution < -0.4 is 10.6 Å². The van der Waals surface area contributed by atoms with E-state index < -0.39 is 0 Å². The molecule has 2 aromatic rings. The van der Waals surface area contributed by atoms with Crippen LogP contribution in [0, 0.1) is 11.3 Å². The maximum absolute atomic E-state index is 12.1. The topological polar surface area (TPSA) is 124 Å². The first-order valence-electron chi connectivity index (χ1n) is 11.5. The number of piperidine rings is 1. The molecule has 0 bridgehead atoms. The molecule has 176 valence electrons. The van der Waals surface area contributed by atoms with Gasteiger partial charge in [0.2, 0.25) is 11.9 Å². The quantitative estimate of drug-likeness (QED) is 0.574. The number of nitrogens with zero attached hydrogens (tertiary/aromatic N) is 7. The van der Waals surface area contributed by atoms with Crippen molar-refractivity contribution in [2.45, 2.75) is 31.7 Å². The van der Waals surface area contributed by atoms with Crippen molar-refractivity contribution in [1.29, 1.82) is 5.26 Å². The van der Waals surface area contributed by atoms with Crippen LogP contribution in [0.1, 0.15) is 37.3 Å². The summed E-state index contributed by atoms with van der Waals surface area (Å²) < 4.78 is 7.36. The minimum Gasteiger partial charge on any atom is -0.379 e. The zero-order chi connectivity index (χ0) is 23.0. The van der Waals surface area contributed by atoms with Crippen LogP contribution in [0.4, 0.5) is 17.5 Å². The van der Waals surface area contributed by atoms with Crippen molar-refractivity contribution in [3.05, 3.63) is 24.2 Å². The highest BCUT2D eigenvalue weighted by Crippen LogP contribution is 2.23. The van der Waals surface area contributed by atoms with Crippen molar-refractivity contribution in [3.8, 4) is 6.07 Å². The molecule has 4 rings (SSSR count). The van der Waals surface area contributed by atoms with Crippen LogP contribution in [-0.2, 0) is 9.53 Å². The summed E-state index contributed by atoms with van der Waals surface area (Å²) in [6.07, 6.45) is 8.59. The number of carbonyl (C=O) groups excluding carboxylic acids is 1. The molecule has 0 atom stereocenters. The highest BCUT2D eigenvalue weighted by molar-refractivity contribution is 5.76. The van der Waals surface area contributed by atoms with Gasteiger partial charge in [0, 0.05) is 25.8 Å². The molecule has 0 aromatic carbocycles. The van der Waals surface area contributed by atoms with E-state index in [-0.39, 0.29) is 5.91 Å². The van der Waals surface area contributed by atoms with Crippen LogP contribution in [0.2, 0.25) is 0 Å². The van der Waals surface area contributed by atoms with Crippen LogP contribution in [0.15, 0.2) is 18.6 Å². The van der Waals surface area contributed by atoms with E-state index >= 15 is 0 Å². The van der Waals surface area contributed by atoms with E-state index in [0.29, 0.717) is 62.6 Å². The van der Waals surface area contributed by atoms with E-state index in [1.807, 2.05) is 15.8 Å². The van der Waals surface area contributed by atoms with Crippen molar-refractivity contribution >= 4 is 23.4 Å². The Hall–Kier alpha value is -3.23. The van der Waals surface area contributed by atoms with Crippen LogP contribution in [0.25, 0.3) is 0 Å². The zero-order valence-electron chi connectivity index (χ0n) is 19.0. The molecule has 0 radical (unpaired) electrons. The van der Waals surface area contributed by atoms with Gasteiger partial charge in [-0.15, -0.1) is 0 Å². The number of amides is 1. The number of nitrogens with one attached hydrogen (secondary N) is 2. The van der Waals surface area contributed by atoms with E-state index in [1.54, 1.807) is 6.20 Å². The first-order valence-corrected chi connectivity index (χ1v) is 11.5. The molecule has 2 saturated heterocycles. The first-order chi connectivity index (χ1) is 16.1. The molecular formula is C22H31N9O2. The molecule has 2 aliphatic rings. The third kappa shape index (κ3) is 6.18. The third-order valence-corrected chi connectivity index (χ3v) is 6.04. The van der Waals surface area contributed by atoms with Gasteiger partial charge in [-0.3, -0.25) is 9.48 Å². The van der Waals surface area contributed by atoms with Crippen molar-refractivity contribution in [2.24, 2.45) is 0 Å². The number of carbonyl (C=O) groups is 1. The molecular weight excluding hydrogens is 422 g/mol. The highest BCUT2D eigenvalue weighted by atomic mass is 16.5. The van der Waals surface area contributed by atoms with Crippen molar-refractivity contribution < 1.29 is 9.53 Å². The summed E-state index contributed by atoms with van der Waals surface area (Å²) in [5.41, 5.74) is 1.19. The van der Waals surface area contributed by atoms with Gasteiger partial charge < -0.3 is 25.2 Å². The monoisotopic (exact) mass is 453 g/mol. The lowest BCUT2D eigenvalue weighted by atomic mass is 10.1. The first kappa shape index (κ1) is 22.9. The van der Waals surface area contributed by atoms with Gasteiger partial charge in [-0.25, -0.2) is 4.98 Å². The number of hydrogen-bond donors (Lipinski definition) is 2. The molecule has 0 unspecified atom stereocenters. The number of anilines is 3. The Morgan fingerprint density at radius 2 is 2.09 bits per heavy atom. The van der Waals surface area contributed by atoms with Gasteiger partial charge in [0.05, 0.1) is 43.8 Å². The number of aromatic nitrogens is 4. The summed E-state index contributed by atoms with van der Waals surface area (Å²) >= 11 is 0. The SMILES string of the molecule is CN1CCC(n2cc(Nc3ncc(C#N)c(NCCCN4CCOCCC4=O)n3)cn2)CC1. The van der Waals surface area contributed by atoms with Crippen LogP contribution in [0.3, 0.4) is 0 Å². The second-order valence-electron chi connectivity index (χ2n) is 8.46. The number of nitriles is 1. The van der Waals surface area contributed by atoms with Gasteiger partial charge in [-0.05, 0) is 39.4 Å². The maximum Gasteiger partial charge on any atom is 0.229 e. The predicted octanol–water partition coefficient (Wildman–Crippen LogP) is 1.61. The molecule has 2 aliphatic heterocycles. The summed E-state index contributed by atoms with van der Waals surface area (Å²) in [6.45, 7) is 5.06. The summed E-state index contributed by atoms with van der Waals surface area (Å²) in [7, 11) is 2.14. The molecule has 2 fully saturated rings. The highest BCUT2D eigenvalue weighted by Gasteiger charge is 2.19. The van der Waals surface area contributed by atoms with Gasteiger partial charge in [0.15, 0.2) is 0 Å². The number of rotatable bonds is 8. The molecule has 4 heterocycles. The smallest absolute Gasteiger partial charge is 0.229 e. The normalized spacial score (nSPS) is 18.1. The molecule has 0 aliphatic carbocycles. The Balaban J connectivity index is 1.32. The van der Waals surface area contributed by atoms with Crippen molar-refractivity contribution in [1.82, 2.24) is 29.5 Å². The fraction of sp³-hybridized carbons (Fsp3) is 0.591. The largest absolute Gasteiger partial charge is 0.379 e. The molecule has 11 nitrogen and oxygen atoms in total. The minimum atomic E-state index is 0.125. The maximum atomic E-state index is 12.1. The predicted molar refractivity (Wildman–Crippen MR) is 123 cm³/mol. The second kappa shape index (κ2) is 11.1. The average Bonchev–Trinajstić information content (AvgIpc) is 3.19. The van der Waals surface area contributed by atoms with E-state index in [2.05, 4.69) is 43.7 Å². The Morgan fingerprint density at radius 1 is 1.24 bits per heavy atom. The minimum absolute atomic E-state index is 0.125. The second-order valence-corrected chi connectivity index (χ2v) is 8.46. The fourth-order valence-corrected chi connectivity index (χ4v) is 4.08. The summed E-state index contributed by atoms with van der Waals surface area (Å²) in [4.78, 5) is 25.0. The Labute approximate surface area is 193 Å². The average molecular weight is 454 g/mol. The van der Waals surface area contributed by atoms with Gasteiger partial charge in [-0.2, -0.15) is 15.3 Å². The molecule has 2 aromatic heterocycles. The summed E-state index contributed by atoms with van der Waals surface area (Å²) in [5.74, 6) is 1.00. The number of hydrogen-bond acceptors (Lipinski definition) is 9. The molecule has 33 heavy (non-hydrogen) atoms. The van der Waals surface area contributed by atoms with E-state index in [0.717, 1.165) is 38.0 Å².